The van der Waals surface area contributed by atoms with E-state index in [4.69, 9.17) is 10.5 Å². The van der Waals surface area contributed by atoms with Crippen LogP contribution in [0.1, 0.15) is 44.9 Å². The van der Waals surface area contributed by atoms with E-state index >= 15 is 0 Å². The average Bonchev–Trinajstić information content (AvgIpc) is 2.37. The highest BCUT2D eigenvalue weighted by molar-refractivity contribution is 5.38. The van der Waals surface area contributed by atoms with Crippen LogP contribution in [0.2, 0.25) is 0 Å². The third-order valence-corrected chi connectivity index (χ3v) is 3.29. The maximum Gasteiger partial charge on any atom is 0.123 e. The molecule has 1 aromatic carbocycles. The van der Waals surface area contributed by atoms with Gasteiger partial charge in [-0.15, -0.1) is 0 Å². The molecule has 1 unspecified atom stereocenters. The van der Waals surface area contributed by atoms with Crippen LogP contribution in [0.5, 0.6) is 5.75 Å². The smallest absolute Gasteiger partial charge is 0.123 e. The molecule has 0 bridgehead atoms. The highest BCUT2D eigenvalue weighted by Gasteiger charge is 2.11. The second kappa shape index (κ2) is 7.51. The van der Waals surface area contributed by atoms with Gasteiger partial charge in [0.2, 0.25) is 0 Å². The molecule has 0 fully saturated rings. The number of methoxy groups -OCH3 is 1. The summed E-state index contributed by atoms with van der Waals surface area (Å²) in [6.07, 6.45) is 0. The second-order valence-corrected chi connectivity index (χ2v) is 5.58. The summed E-state index contributed by atoms with van der Waals surface area (Å²) in [6.45, 7) is 11.8. The number of rotatable bonds is 7. The minimum Gasteiger partial charge on any atom is -0.496 e. The predicted molar refractivity (Wildman–Crippen MR) is 81.4 cm³/mol. The SMILES string of the molecule is CCN(Cc1cc(C(C)N)ccc1OC)CC(C)C. The number of nitrogens with two attached hydrogens (primary N) is 1. The molecule has 1 aromatic rings. The van der Waals surface area contributed by atoms with Crippen molar-refractivity contribution in [3.05, 3.63) is 29.3 Å². The van der Waals surface area contributed by atoms with Crippen molar-refractivity contribution in [3.8, 4) is 5.75 Å². The molecular formula is C16H28N2O. The number of hydrogen-bond acceptors (Lipinski definition) is 3. The van der Waals surface area contributed by atoms with E-state index in [1.807, 2.05) is 19.1 Å². The van der Waals surface area contributed by atoms with Gasteiger partial charge < -0.3 is 10.5 Å². The Morgan fingerprint density at radius 3 is 2.42 bits per heavy atom. The zero-order valence-electron chi connectivity index (χ0n) is 12.9. The molecule has 0 saturated carbocycles. The first-order valence-electron chi connectivity index (χ1n) is 7.12. The Morgan fingerprint density at radius 2 is 1.95 bits per heavy atom. The van der Waals surface area contributed by atoms with Crippen LogP contribution in [0.4, 0.5) is 0 Å². The third kappa shape index (κ3) is 4.84. The van der Waals surface area contributed by atoms with Crippen molar-refractivity contribution in [1.82, 2.24) is 4.90 Å². The van der Waals surface area contributed by atoms with Gasteiger partial charge in [0.25, 0.3) is 0 Å². The molecule has 3 nitrogen and oxygen atoms in total. The molecule has 2 N–H and O–H groups in total. The van der Waals surface area contributed by atoms with Crippen molar-refractivity contribution in [3.63, 3.8) is 0 Å². The highest BCUT2D eigenvalue weighted by atomic mass is 16.5. The normalized spacial score (nSPS) is 13.1. The van der Waals surface area contributed by atoms with Crippen molar-refractivity contribution < 1.29 is 4.74 Å². The van der Waals surface area contributed by atoms with Crippen LogP contribution in [0.15, 0.2) is 18.2 Å². The van der Waals surface area contributed by atoms with E-state index in [0.29, 0.717) is 5.92 Å². The Labute approximate surface area is 117 Å². The van der Waals surface area contributed by atoms with Gasteiger partial charge >= 0.3 is 0 Å². The topological polar surface area (TPSA) is 38.5 Å². The number of ether oxygens (including phenoxy) is 1. The lowest BCUT2D eigenvalue weighted by atomic mass is 10.0. The molecule has 0 aromatic heterocycles. The van der Waals surface area contributed by atoms with Crippen molar-refractivity contribution in [2.75, 3.05) is 20.2 Å². The first kappa shape index (κ1) is 16.0. The first-order chi connectivity index (χ1) is 8.97. The summed E-state index contributed by atoms with van der Waals surface area (Å²) in [6, 6.07) is 6.31. The number of benzene rings is 1. The number of hydrogen-bond donors (Lipinski definition) is 1. The van der Waals surface area contributed by atoms with Gasteiger partial charge in [0.05, 0.1) is 7.11 Å². The molecular weight excluding hydrogens is 236 g/mol. The molecule has 0 radical (unpaired) electrons. The molecule has 3 heteroatoms. The zero-order valence-corrected chi connectivity index (χ0v) is 12.9. The molecule has 0 aliphatic carbocycles. The number of nitrogens with zero attached hydrogens (tertiary/aromatic N) is 1. The van der Waals surface area contributed by atoms with Gasteiger partial charge in [-0.3, -0.25) is 4.90 Å². The van der Waals surface area contributed by atoms with E-state index in [1.54, 1.807) is 7.11 Å². The lowest BCUT2D eigenvalue weighted by Crippen LogP contribution is -2.27. The second-order valence-electron chi connectivity index (χ2n) is 5.58. The lowest BCUT2D eigenvalue weighted by Gasteiger charge is -2.24. The Hall–Kier alpha value is -1.06. The minimum atomic E-state index is 0.0600. The van der Waals surface area contributed by atoms with Crippen LogP contribution < -0.4 is 10.5 Å². The Morgan fingerprint density at radius 1 is 1.26 bits per heavy atom. The van der Waals surface area contributed by atoms with Crippen LogP contribution in [0.25, 0.3) is 0 Å². The average molecular weight is 264 g/mol. The van der Waals surface area contributed by atoms with E-state index in [2.05, 4.69) is 31.7 Å². The fourth-order valence-electron chi connectivity index (χ4n) is 2.27. The van der Waals surface area contributed by atoms with Crippen LogP contribution in [0.3, 0.4) is 0 Å². The molecule has 0 saturated heterocycles. The van der Waals surface area contributed by atoms with Gasteiger partial charge in [-0.1, -0.05) is 26.8 Å². The maximum absolute atomic E-state index is 5.96. The molecule has 19 heavy (non-hydrogen) atoms. The van der Waals surface area contributed by atoms with E-state index in [9.17, 15) is 0 Å². The summed E-state index contributed by atoms with van der Waals surface area (Å²) in [5.74, 6) is 1.62. The quantitative estimate of drug-likeness (QED) is 0.822. The monoisotopic (exact) mass is 264 g/mol. The lowest BCUT2D eigenvalue weighted by molar-refractivity contribution is 0.244. The van der Waals surface area contributed by atoms with E-state index in [-0.39, 0.29) is 6.04 Å². The fourth-order valence-corrected chi connectivity index (χ4v) is 2.27. The van der Waals surface area contributed by atoms with Crippen molar-refractivity contribution in [1.29, 1.82) is 0 Å². The van der Waals surface area contributed by atoms with Gasteiger partial charge in [0, 0.05) is 24.7 Å². The van der Waals surface area contributed by atoms with E-state index in [0.717, 1.165) is 30.9 Å². The third-order valence-electron chi connectivity index (χ3n) is 3.29. The summed E-state index contributed by atoms with van der Waals surface area (Å²) in [4.78, 5) is 2.44. The first-order valence-corrected chi connectivity index (χ1v) is 7.12. The zero-order chi connectivity index (χ0) is 14.4. The van der Waals surface area contributed by atoms with Crippen molar-refractivity contribution in [2.45, 2.75) is 40.3 Å². The molecule has 108 valence electrons. The minimum absolute atomic E-state index is 0.0600. The summed E-state index contributed by atoms with van der Waals surface area (Å²) < 4.78 is 5.46. The van der Waals surface area contributed by atoms with Crippen LogP contribution >= 0.6 is 0 Å². The van der Waals surface area contributed by atoms with Gasteiger partial charge in [0.15, 0.2) is 0 Å². The molecule has 0 aliphatic heterocycles. The Bertz CT molecular complexity index is 388. The van der Waals surface area contributed by atoms with Crippen LogP contribution in [0, 0.1) is 5.92 Å². The molecule has 0 aliphatic rings. The molecule has 0 spiro atoms. The van der Waals surface area contributed by atoms with Gasteiger partial charge in [-0.2, -0.15) is 0 Å². The standard InChI is InChI=1S/C16H28N2O/c1-6-18(10-12(2)3)11-15-9-14(13(4)17)7-8-16(15)19-5/h7-9,12-13H,6,10-11,17H2,1-5H3. The van der Waals surface area contributed by atoms with Crippen LogP contribution in [-0.4, -0.2) is 25.1 Å². The van der Waals surface area contributed by atoms with Crippen molar-refractivity contribution in [2.24, 2.45) is 11.7 Å². The largest absolute Gasteiger partial charge is 0.496 e. The summed E-state index contributed by atoms with van der Waals surface area (Å²) in [5.41, 5.74) is 8.35. The molecule has 1 atom stereocenters. The van der Waals surface area contributed by atoms with E-state index in [1.165, 1.54) is 5.56 Å². The van der Waals surface area contributed by atoms with Gasteiger partial charge in [-0.25, -0.2) is 0 Å². The maximum atomic E-state index is 5.96. The summed E-state index contributed by atoms with van der Waals surface area (Å²) in [7, 11) is 1.73. The van der Waals surface area contributed by atoms with Crippen LogP contribution in [-0.2, 0) is 6.54 Å². The summed E-state index contributed by atoms with van der Waals surface area (Å²) in [5, 5.41) is 0. The molecule has 0 heterocycles. The van der Waals surface area contributed by atoms with Gasteiger partial charge in [-0.05, 0) is 37.1 Å². The fraction of sp³-hybridized carbons (Fsp3) is 0.625. The highest BCUT2D eigenvalue weighted by Crippen LogP contribution is 2.24. The van der Waals surface area contributed by atoms with Gasteiger partial charge in [0.1, 0.15) is 5.75 Å². The molecule has 1 rings (SSSR count). The Kier molecular flexibility index (Phi) is 6.32. The Balaban J connectivity index is 2.92. The van der Waals surface area contributed by atoms with E-state index < -0.39 is 0 Å². The van der Waals surface area contributed by atoms with Crippen molar-refractivity contribution >= 4 is 0 Å². The molecule has 0 amide bonds. The summed E-state index contributed by atoms with van der Waals surface area (Å²) >= 11 is 0. The predicted octanol–water partition coefficient (Wildman–Crippen LogP) is 3.19.